The molecule has 3 rings (SSSR count). The average molecular weight is 204 g/mol. The Morgan fingerprint density at radius 1 is 1.43 bits per heavy atom. The van der Waals surface area contributed by atoms with E-state index in [9.17, 15) is 0 Å². The highest BCUT2D eigenvalue weighted by Crippen LogP contribution is 2.25. The topological polar surface area (TPSA) is 43.1 Å². The van der Waals surface area contributed by atoms with Gasteiger partial charge in [-0.3, -0.25) is 9.56 Å². The Bertz CT molecular complexity index is 509. The van der Waals surface area contributed by atoms with Crippen molar-refractivity contribution in [1.82, 2.24) is 14.8 Å². The normalized spacial score (nSPS) is 13.5. The Hall–Kier alpha value is -1.49. The third-order valence-corrected chi connectivity index (χ3v) is 3.15. The molecule has 0 N–H and O–H groups in total. The molecule has 2 aromatic rings. The minimum atomic E-state index is 0.613. The van der Waals surface area contributed by atoms with Crippen LogP contribution >= 0.6 is 11.3 Å². The van der Waals surface area contributed by atoms with E-state index in [0.717, 1.165) is 17.2 Å². The van der Waals surface area contributed by atoms with Gasteiger partial charge in [-0.05, 0) is 18.4 Å². The van der Waals surface area contributed by atoms with E-state index < -0.39 is 0 Å². The van der Waals surface area contributed by atoms with Gasteiger partial charge < -0.3 is 0 Å². The number of nitrogens with zero attached hydrogens (tertiary/aromatic N) is 4. The van der Waals surface area contributed by atoms with Crippen LogP contribution in [0.15, 0.2) is 16.4 Å². The molecule has 4 nitrogen and oxygen atoms in total. The summed E-state index contributed by atoms with van der Waals surface area (Å²) in [7, 11) is 0. The average Bonchev–Trinajstić information content (AvgIpc) is 2.71. The predicted octanol–water partition coefficient (Wildman–Crippen LogP) is 1.57. The Morgan fingerprint density at radius 2 is 2.36 bits per heavy atom. The summed E-state index contributed by atoms with van der Waals surface area (Å²) < 4.78 is 2.08. The molecule has 70 valence electrons. The number of hydrogen-bond acceptors (Lipinski definition) is 4. The van der Waals surface area contributed by atoms with Crippen LogP contribution in [0.25, 0.3) is 5.00 Å². The summed E-state index contributed by atoms with van der Waals surface area (Å²) in [6, 6.07) is 2.07. The van der Waals surface area contributed by atoms with Gasteiger partial charge in [0.05, 0.1) is 6.54 Å². The fourth-order valence-corrected chi connectivity index (χ4v) is 2.53. The van der Waals surface area contributed by atoms with Gasteiger partial charge >= 0.3 is 0 Å². The molecule has 0 bridgehead atoms. The highest BCUT2D eigenvalue weighted by molar-refractivity contribution is 7.13. The molecule has 0 amide bonds. The van der Waals surface area contributed by atoms with Crippen molar-refractivity contribution in [3.63, 3.8) is 0 Å². The van der Waals surface area contributed by atoms with Crippen molar-refractivity contribution in [2.75, 3.05) is 0 Å². The van der Waals surface area contributed by atoms with Crippen molar-refractivity contribution >= 4 is 17.6 Å². The van der Waals surface area contributed by atoms with E-state index in [1.165, 1.54) is 5.00 Å². The first-order chi connectivity index (χ1) is 6.86. The number of thiophene rings is 1. The van der Waals surface area contributed by atoms with Gasteiger partial charge in [-0.25, -0.2) is 0 Å². The highest BCUT2D eigenvalue weighted by atomic mass is 32.1. The third kappa shape index (κ3) is 0.957. The van der Waals surface area contributed by atoms with E-state index in [0.29, 0.717) is 6.54 Å². The molecular formula is C9H8N4S. The van der Waals surface area contributed by atoms with Crippen LogP contribution in [0.1, 0.15) is 17.2 Å². The minimum Gasteiger partial charge on any atom is -0.284 e. The number of rotatable bonds is 0. The number of fused-ring (bicyclic) bond motifs is 3. The zero-order valence-corrected chi connectivity index (χ0v) is 8.45. The molecule has 0 aromatic carbocycles. The fourth-order valence-electron chi connectivity index (χ4n) is 1.59. The van der Waals surface area contributed by atoms with Crippen molar-refractivity contribution in [2.24, 2.45) is 4.99 Å². The number of aliphatic imine (C=N–C) groups is 1. The van der Waals surface area contributed by atoms with Crippen molar-refractivity contribution < 1.29 is 0 Å². The number of aryl methyl sites for hydroxylation is 1. The predicted molar refractivity (Wildman–Crippen MR) is 55.3 cm³/mol. The van der Waals surface area contributed by atoms with Crippen molar-refractivity contribution in [3.8, 4) is 5.00 Å². The second-order valence-electron chi connectivity index (χ2n) is 3.15. The number of aromatic nitrogens is 3. The minimum absolute atomic E-state index is 0.613. The smallest absolute Gasteiger partial charge is 0.159 e. The molecular weight excluding hydrogens is 196 g/mol. The standard InChI is InChI=1S/C9H8N4S/c1-6-11-12-8-5-10-4-7-2-3-14-9(7)13(6)8/h2-4H,5H2,1H3. The van der Waals surface area contributed by atoms with Crippen molar-refractivity contribution in [1.29, 1.82) is 0 Å². The quantitative estimate of drug-likeness (QED) is 0.653. The lowest BCUT2D eigenvalue weighted by atomic mass is 10.3. The van der Waals surface area contributed by atoms with E-state index >= 15 is 0 Å². The van der Waals surface area contributed by atoms with Crippen LogP contribution in [0.3, 0.4) is 0 Å². The maximum atomic E-state index is 4.30. The third-order valence-electron chi connectivity index (χ3n) is 2.23. The first-order valence-electron chi connectivity index (χ1n) is 4.35. The summed E-state index contributed by atoms with van der Waals surface area (Å²) in [4.78, 5) is 4.30. The first-order valence-corrected chi connectivity index (χ1v) is 5.23. The maximum Gasteiger partial charge on any atom is 0.159 e. The Morgan fingerprint density at radius 3 is 3.29 bits per heavy atom. The molecule has 0 saturated carbocycles. The lowest BCUT2D eigenvalue weighted by molar-refractivity contribution is 0.871. The molecule has 0 saturated heterocycles. The van der Waals surface area contributed by atoms with Crippen LogP contribution in [-0.2, 0) is 6.54 Å². The van der Waals surface area contributed by atoms with E-state index in [1.54, 1.807) is 11.3 Å². The van der Waals surface area contributed by atoms with Crippen LogP contribution in [0.2, 0.25) is 0 Å². The van der Waals surface area contributed by atoms with E-state index in [4.69, 9.17) is 0 Å². The Labute approximate surface area is 84.9 Å². The largest absolute Gasteiger partial charge is 0.284 e. The Kier molecular flexibility index (Phi) is 1.55. The lowest BCUT2D eigenvalue weighted by Crippen LogP contribution is -2.00. The molecule has 0 spiro atoms. The molecule has 1 aliphatic rings. The zero-order valence-electron chi connectivity index (χ0n) is 7.64. The highest BCUT2D eigenvalue weighted by Gasteiger charge is 2.16. The molecule has 0 radical (unpaired) electrons. The molecule has 14 heavy (non-hydrogen) atoms. The molecule has 5 heteroatoms. The summed E-state index contributed by atoms with van der Waals surface area (Å²) in [5.41, 5.74) is 1.15. The van der Waals surface area contributed by atoms with Gasteiger partial charge in [0.1, 0.15) is 10.8 Å². The molecule has 1 aliphatic heterocycles. The molecule has 0 fully saturated rings. The van der Waals surface area contributed by atoms with Gasteiger partial charge in [-0.15, -0.1) is 21.5 Å². The monoisotopic (exact) mass is 204 g/mol. The van der Waals surface area contributed by atoms with E-state index in [-0.39, 0.29) is 0 Å². The van der Waals surface area contributed by atoms with Gasteiger partial charge in [0.25, 0.3) is 0 Å². The molecule has 0 atom stereocenters. The summed E-state index contributed by atoms with van der Waals surface area (Å²) in [5, 5.41) is 11.4. The van der Waals surface area contributed by atoms with Gasteiger partial charge in [0.2, 0.25) is 0 Å². The van der Waals surface area contributed by atoms with Crippen LogP contribution in [0.5, 0.6) is 0 Å². The van der Waals surface area contributed by atoms with Crippen LogP contribution < -0.4 is 0 Å². The van der Waals surface area contributed by atoms with E-state index in [1.807, 2.05) is 13.1 Å². The maximum absolute atomic E-state index is 4.30. The van der Waals surface area contributed by atoms with E-state index in [2.05, 4.69) is 31.2 Å². The summed E-state index contributed by atoms with van der Waals surface area (Å²) in [6.07, 6.45) is 1.90. The molecule has 0 aliphatic carbocycles. The molecule has 0 unspecified atom stereocenters. The van der Waals surface area contributed by atoms with Crippen molar-refractivity contribution in [3.05, 3.63) is 28.7 Å². The van der Waals surface area contributed by atoms with Gasteiger partial charge in [-0.2, -0.15) is 0 Å². The summed E-state index contributed by atoms with van der Waals surface area (Å²) >= 11 is 1.69. The van der Waals surface area contributed by atoms with Crippen LogP contribution in [0, 0.1) is 6.92 Å². The van der Waals surface area contributed by atoms with Gasteiger partial charge in [0.15, 0.2) is 5.82 Å². The number of hydrogen-bond donors (Lipinski definition) is 0. The lowest BCUT2D eigenvalue weighted by Gasteiger charge is -2.02. The second-order valence-corrected chi connectivity index (χ2v) is 4.04. The second kappa shape index (κ2) is 2.75. The summed E-state index contributed by atoms with van der Waals surface area (Å²) in [5.74, 6) is 1.84. The molecule has 2 aromatic heterocycles. The van der Waals surface area contributed by atoms with Crippen molar-refractivity contribution in [2.45, 2.75) is 13.5 Å². The fraction of sp³-hybridized carbons (Fsp3) is 0.222. The van der Waals surface area contributed by atoms with Crippen LogP contribution in [0.4, 0.5) is 0 Å². The van der Waals surface area contributed by atoms with Gasteiger partial charge in [0, 0.05) is 11.8 Å². The SMILES string of the molecule is Cc1nnc2n1-c1sccc1C=NC2. The zero-order chi connectivity index (χ0) is 9.54. The molecule has 3 heterocycles. The van der Waals surface area contributed by atoms with Gasteiger partial charge in [-0.1, -0.05) is 0 Å². The van der Waals surface area contributed by atoms with Crippen LogP contribution in [-0.4, -0.2) is 21.0 Å². The first kappa shape index (κ1) is 7.87. The summed E-state index contributed by atoms with van der Waals surface area (Å²) in [6.45, 7) is 2.58. The Balaban J connectivity index is 2.36.